The van der Waals surface area contributed by atoms with Gasteiger partial charge in [-0.2, -0.15) is 5.26 Å². The van der Waals surface area contributed by atoms with Gasteiger partial charge < -0.3 is 11.1 Å². The molecule has 96 valence electrons. The zero-order valence-electron chi connectivity index (χ0n) is 10.9. The van der Waals surface area contributed by atoms with E-state index >= 15 is 0 Å². The minimum absolute atomic E-state index is 0.0309. The summed E-state index contributed by atoms with van der Waals surface area (Å²) in [6.45, 7) is 4.31. The number of carbonyl (C=O) groups excluding carboxylic acids is 1. The summed E-state index contributed by atoms with van der Waals surface area (Å²) in [6.07, 6.45) is 3.03. The molecule has 0 aromatic heterocycles. The Morgan fingerprint density at radius 1 is 1.56 bits per heavy atom. The second-order valence-electron chi connectivity index (χ2n) is 6.20. The Morgan fingerprint density at radius 2 is 2.28 bits per heavy atom. The molecule has 4 heteroatoms. The predicted molar refractivity (Wildman–Crippen MR) is 66.9 cm³/mol. The maximum atomic E-state index is 12.2. The lowest BCUT2D eigenvalue weighted by atomic mass is 9.56. The fraction of sp³-hybridized carbons (Fsp3) is 0.714. The molecule has 2 bridgehead atoms. The van der Waals surface area contributed by atoms with Crippen LogP contribution < -0.4 is 11.1 Å². The van der Waals surface area contributed by atoms with Crippen molar-refractivity contribution < 1.29 is 4.79 Å². The zero-order chi connectivity index (χ0) is 13.1. The van der Waals surface area contributed by atoms with Crippen LogP contribution in [0.3, 0.4) is 0 Å². The number of amides is 1. The summed E-state index contributed by atoms with van der Waals surface area (Å²) in [7, 11) is 0. The topological polar surface area (TPSA) is 78.9 Å². The fourth-order valence-corrected chi connectivity index (χ4v) is 4.56. The van der Waals surface area contributed by atoms with Crippen LogP contribution in [0.4, 0.5) is 0 Å². The van der Waals surface area contributed by atoms with Crippen molar-refractivity contribution in [1.82, 2.24) is 5.32 Å². The largest absolute Gasteiger partial charge is 0.401 e. The van der Waals surface area contributed by atoms with Gasteiger partial charge in [0, 0.05) is 5.70 Å². The van der Waals surface area contributed by atoms with Crippen molar-refractivity contribution in [3.05, 3.63) is 11.3 Å². The summed E-state index contributed by atoms with van der Waals surface area (Å²) in [4.78, 5) is 12.2. The molecule has 0 aromatic carbocycles. The highest BCUT2D eigenvalue weighted by atomic mass is 16.2. The number of rotatable bonds is 1. The Morgan fingerprint density at radius 3 is 2.89 bits per heavy atom. The van der Waals surface area contributed by atoms with Gasteiger partial charge in [0.2, 0.25) is 5.91 Å². The molecule has 18 heavy (non-hydrogen) atoms. The van der Waals surface area contributed by atoms with Crippen LogP contribution in [-0.4, -0.2) is 11.4 Å². The molecular formula is C14H19N3O. The third-order valence-electron chi connectivity index (χ3n) is 5.15. The second-order valence-corrected chi connectivity index (χ2v) is 6.20. The van der Waals surface area contributed by atoms with Crippen molar-refractivity contribution in [2.24, 2.45) is 29.4 Å². The van der Waals surface area contributed by atoms with E-state index < -0.39 is 5.54 Å². The number of nitriles is 1. The van der Waals surface area contributed by atoms with Gasteiger partial charge in [0.1, 0.15) is 0 Å². The van der Waals surface area contributed by atoms with E-state index in [4.69, 9.17) is 5.73 Å². The molecular weight excluding hydrogens is 226 g/mol. The molecule has 1 spiro atoms. The van der Waals surface area contributed by atoms with Crippen LogP contribution in [0.1, 0.15) is 33.1 Å². The van der Waals surface area contributed by atoms with Gasteiger partial charge in [-0.15, -0.1) is 0 Å². The molecule has 4 rings (SSSR count). The average molecular weight is 245 g/mol. The zero-order valence-corrected chi connectivity index (χ0v) is 10.9. The average Bonchev–Trinajstić information content (AvgIpc) is 2.70. The highest BCUT2D eigenvalue weighted by Crippen LogP contribution is 2.57. The summed E-state index contributed by atoms with van der Waals surface area (Å²) in [5.41, 5.74) is 6.88. The molecule has 3 N–H and O–H groups in total. The van der Waals surface area contributed by atoms with E-state index in [2.05, 4.69) is 25.2 Å². The molecule has 0 radical (unpaired) electrons. The Hall–Kier alpha value is -1.50. The van der Waals surface area contributed by atoms with Gasteiger partial charge in [0.25, 0.3) is 0 Å². The molecule has 2 aliphatic carbocycles. The van der Waals surface area contributed by atoms with Crippen LogP contribution in [0.15, 0.2) is 11.3 Å². The molecule has 1 saturated carbocycles. The maximum Gasteiger partial charge on any atom is 0.230 e. The number of nitrogens with zero attached hydrogens (tertiary/aromatic N) is 1. The molecule has 4 nitrogen and oxygen atoms in total. The summed E-state index contributed by atoms with van der Waals surface area (Å²) in [5.74, 6) is 0.843. The molecule has 1 amide bonds. The highest BCUT2D eigenvalue weighted by Gasteiger charge is 2.62. The van der Waals surface area contributed by atoms with Crippen LogP contribution in [0.5, 0.6) is 0 Å². The van der Waals surface area contributed by atoms with E-state index in [0.717, 1.165) is 19.3 Å². The normalized spacial score (nSPS) is 41.9. The van der Waals surface area contributed by atoms with E-state index in [9.17, 15) is 10.1 Å². The van der Waals surface area contributed by atoms with Crippen LogP contribution >= 0.6 is 0 Å². The van der Waals surface area contributed by atoms with E-state index in [-0.39, 0.29) is 11.8 Å². The van der Waals surface area contributed by atoms with Crippen LogP contribution in [0, 0.1) is 35.0 Å². The molecule has 0 aromatic rings. The monoisotopic (exact) mass is 245 g/mol. The first-order valence-corrected chi connectivity index (χ1v) is 6.75. The summed E-state index contributed by atoms with van der Waals surface area (Å²) < 4.78 is 0. The van der Waals surface area contributed by atoms with E-state index in [0.29, 0.717) is 29.0 Å². The van der Waals surface area contributed by atoms with Gasteiger partial charge in [0.05, 0.1) is 23.1 Å². The van der Waals surface area contributed by atoms with Crippen LogP contribution in [0.2, 0.25) is 0 Å². The molecule has 4 atom stereocenters. The Balaban J connectivity index is 2.22. The third-order valence-corrected chi connectivity index (χ3v) is 5.15. The highest BCUT2D eigenvalue weighted by molar-refractivity contribution is 5.87. The van der Waals surface area contributed by atoms with Gasteiger partial charge in [0.15, 0.2) is 0 Å². The number of fused-ring (bicyclic) bond motifs is 1. The molecule has 2 aliphatic heterocycles. The first-order valence-electron chi connectivity index (χ1n) is 6.75. The van der Waals surface area contributed by atoms with Gasteiger partial charge in [-0.25, -0.2) is 0 Å². The predicted octanol–water partition coefficient (Wildman–Crippen LogP) is 1.29. The van der Waals surface area contributed by atoms with Crippen molar-refractivity contribution in [3.8, 4) is 6.07 Å². The van der Waals surface area contributed by atoms with Crippen molar-refractivity contribution >= 4 is 5.91 Å². The summed E-state index contributed by atoms with van der Waals surface area (Å²) in [6, 6.07) is 2.27. The minimum atomic E-state index is -0.445. The van der Waals surface area contributed by atoms with Gasteiger partial charge >= 0.3 is 0 Å². The Labute approximate surface area is 107 Å². The quantitative estimate of drug-likeness (QED) is 0.730. The number of hydrogen-bond donors (Lipinski definition) is 2. The number of carbonyl (C=O) groups is 1. The molecule has 2 heterocycles. The Bertz CT molecular complexity index is 488. The van der Waals surface area contributed by atoms with Crippen LogP contribution in [0.25, 0.3) is 0 Å². The standard InChI is InChI=1S/C14H19N3O/c1-7(2)10-8-4-3-5-14(8)9(6-15)12(16)11(10)13(18)17-14/h7-8,10-11H,3-5,16H2,1-2H3,(H,17,18)/t8-,10-,11+,14-/m1/s1. The van der Waals surface area contributed by atoms with Crippen molar-refractivity contribution in [1.29, 1.82) is 5.26 Å². The smallest absolute Gasteiger partial charge is 0.230 e. The molecule has 1 saturated heterocycles. The lowest BCUT2D eigenvalue weighted by Crippen LogP contribution is -2.68. The van der Waals surface area contributed by atoms with E-state index in [1.807, 2.05) is 0 Å². The van der Waals surface area contributed by atoms with E-state index in [1.165, 1.54) is 0 Å². The van der Waals surface area contributed by atoms with Crippen molar-refractivity contribution in [3.63, 3.8) is 0 Å². The maximum absolute atomic E-state index is 12.2. The third kappa shape index (κ3) is 1.12. The van der Waals surface area contributed by atoms with E-state index in [1.54, 1.807) is 0 Å². The first-order chi connectivity index (χ1) is 8.53. The second kappa shape index (κ2) is 3.50. The number of hydrogen-bond acceptors (Lipinski definition) is 3. The Kier molecular flexibility index (Phi) is 2.25. The summed E-state index contributed by atoms with van der Waals surface area (Å²) >= 11 is 0. The lowest BCUT2D eigenvalue weighted by Gasteiger charge is -2.54. The molecule has 2 fully saturated rings. The first kappa shape index (κ1) is 11.6. The minimum Gasteiger partial charge on any atom is -0.401 e. The molecule has 0 unspecified atom stereocenters. The number of nitrogens with one attached hydrogen (secondary N) is 1. The summed E-state index contributed by atoms with van der Waals surface area (Å²) in [5, 5.41) is 12.5. The van der Waals surface area contributed by atoms with Crippen LogP contribution in [-0.2, 0) is 4.79 Å². The lowest BCUT2D eigenvalue weighted by molar-refractivity contribution is -0.135. The van der Waals surface area contributed by atoms with Crippen molar-refractivity contribution in [2.45, 2.75) is 38.6 Å². The van der Waals surface area contributed by atoms with Gasteiger partial charge in [-0.1, -0.05) is 20.3 Å². The van der Waals surface area contributed by atoms with Gasteiger partial charge in [-0.05, 0) is 30.6 Å². The van der Waals surface area contributed by atoms with Crippen molar-refractivity contribution in [2.75, 3.05) is 0 Å². The number of nitrogens with two attached hydrogens (primary N) is 1. The molecule has 4 aliphatic rings. The van der Waals surface area contributed by atoms with Gasteiger partial charge in [-0.3, -0.25) is 4.79 Å². The fourth-order valence-electron chi connectivity index (χ4n) is 4.56. The SMILES string of the molecule is CC(C)[C@H]1[C@@H]2C(=O)N[C@@]3(CCC[C@H]13)C(C#N)=C2N. The number of piperidine rings is 1.